The maximum atomic E-state index is 11.6. The highest BCUT2D eigenvalue weighted by molar-refractivity contribution is 5.74. The van der Waals surface area contributed by atoms with Gasteiger partial charge >= 0.3 is 6.03 Å². The molecule has 1 saturated heterocycles. The molecule has 124 valence electrons. The van der Waals surface area contributed by atoms with Crippen LogP contribution in [0.2, 0.25) is 0 Å². The van der Waals surface area contributed by atoms with Gasteiger partial charge in [0.1, 0.15) is 6.10 Å². The molecule has 1 rings (SSSR count). The van der Waals surface area contributed by atoms with Crippen LogP contribution in [0, 0.1) is 0 Å². The number of rotatable bonds is 9. The Balaban J connectivity index is 2.28. The molecule has 21 heavy (non-hydrogen) atoms. The van der Waals surface area contributed by atoms with E-state index < -0.39 is 6.10 Å². The quantitative estimate of drug-likeness (QED) is 0.514. The van der Waals surface area contributed by atoms with Crippen molar-refractivity contribution in [3.63, 3.8) is 0 Å². The second-order valence-electron chi connectivity index (χ2n) is 5.48. The Morgan fingerprint density at radius 1 is 1.52 bits per heavy atom. The van der Waals surface area contributed by atoms with E-state index >= 15 is 0 Å². The van der Waals surface area contributed by atoms with E-state index in [9.17, 15) is 9.90 Å². The minimum Gasteiger partial charge on any atom is -0.388 e. The molecule has 0 aromatic carbocycles. The minimum atomic E-state index is -0.678. The molecule has 1 heterocycles. The predicted octanol–water partition coefficient (Wildman–Crippen LogP) is -0.208. The Kier molecular flexibility index (Phi) is 8.60. The third-order valence-electron chi connectivity index (χ3n) is 3.58. The molecule has 1 fully saturated rings. The van der Waals surface area contributed by atoms with E-state index in [1.165, 1.54) is 0 Å². The average Bonchev–Trinajstić information content (AvgIpc) is 2.78. The highest BCUT2D eigenvalue weighted by Crippen LogP contribution is 2.15. The number of hydrogen-bond acceptors (Lipinski definition) is 5. The van der Waals surface area contributed by atoms with Crippen LogP contribution in [-0.2, 0) is 9.47 Å². The Morgan fingerprint density at radius 2 is 2.29 bits per heavy atom. The number of nitrogens with zero attached hydrogens (tertiary/aromatic N) is 1. The third-order valence-corrected chi connectivity index (χ3v) is 3.58. The Morgan fingerprint density at radius 3 is 2.95 bits per heavy atom. The summed E-state index contributed by atoms with van der Waals surface area (Å²) < 4.78 is 10.5. The van der Waals surface area contributed by atoms with Crippen LogP contribution in [-0.4, -0.2) is 81.3 Å². The molecule has 3 N–H and O–H groups in total. The van der Waals surface area contributed by atoms with Crippen molar-refractivity contribution in [1.29, 1.82) is 0 Å². The Labute approximate surface area is 127 Å². The van der Waals surface area contributed by atoms with Crippen molar-refractivity contribution in [3.8, 4) is 0 Å². The number of carbonyl (C=O) groups is 1. The molecule has 0 bridgehead atoms. The van der Waals surface area contributed by atoms with Crippen molar-refractivity contribution in [2.24, 2.45) is 0 Å². The molecule has 7 nitrogen and oxygen atoms in total. The lowest BCUT2D eigenvalue weighted by Crippen LogP contribution is -2.50. The molecular weight excluding hydrogens is 274 g/mol. The summed E-state index contributed by atoms with van der Waals surface area (Å²) in [5, 5.41) is 15.6. The molecule has 0 aromatic rings. The van der Waals surface area contributed by atoms with Crippen molar-refractivity contribution in [1.82, 2.24) is 15.5 Å². The zero-order valence-corrected chi connectivity index (χ0v) is 13.3. The second-order valence-corrected chi connectivity index (χ2v) is 5.48. The molecule has 0 spiro atoms. The fraction of sp³-hybridized carbons (Fsp3) is 0.929. The lowest BCUT2D eigenvalue weighted by molar-refractivity contribution is 0.0201. The highest BCUT2D eigenvalue weighted by atomic mass is 16.5. The first-order valence-corrected chi connectivity index (χ1v) is 7.60. The number of urea groups is 1. The minimum absolute atomic E-state index is 0.254. The topological polar surface area (TPSA) is 83.1 Å². The monoisotopic (exact) mass is 303 g/mol. The van der Waals surface area contributed by atoms with E-state index in [-0.39, 0.29) is 18.2 Å². The second kappa shape index (κ2) is 9.94. The summed E-state index contributed by atoms with van der Waals surface area (Å²) in [6, 6.07) is -0.670. The first-order valence-electron chi connectivity index (χ1n) is 7.60. The first-order chi connectivity index (χ1) is 10.1. The van der Waals surface area contributed by atoms with Gasteiger partial charge in [-0.3, -0.25) is 0 Å². The molecule has 1 aliphatic rings. The number of aliphatic hydroxyl groups excluding tert-OH is 1. The van der Waals surface area contributed by atoms with Crippen LogP contribution >= 0.6 is 0 Å². The van der Waals surface area contributed by atoms with Gasteiger partial charge in [0.2, 0.25) is 0 Å². The molecule has 0 saturated carbocycles. The Bertz CT molecular complexity index is 304. The van der Waals surface area contributed by atoms with Gasteiger partial charge in [0.25, 0.3) is 0 Å². The molecule has 0 unspecified atom stereocenters. The van der Waals surface area contributed by atoms with E-state index in [0.29, 0.717) is 26.3 Å². The largest absolute Gasteiger partial charge is 0.388 e. The maximum Gasteiger partial charge on any atom is 0.315 e. The van der Waals surface area contributed by atoms with Gasteiger partial charge in [-0.25, -0.2) is 4.79 Å². The molecule has 1 aliphatic heterocycles. The SMILES string of the molecule is CCCCN(C)C[C@@H]1OC[C@H](NC(=O)NCCOC)[C@H]1O. The van der Waals surface area contributed by atoms with Crippen LogP contribution in [0.5, 0.6) is 0 Å². The molecule has 0 aromatic heterocycles. The van der Waals surface area contributed by atoms with Gasteiger partial charge in [-0.05, 0) is 20.0 Å². The number of amides is 2. The number of aliphatic hydroxyl groups is 1. The number of carbonyl (C=O) groups excluding carboxylic acids is 1. The van der Waals surface area contributed by atoms with Crippen LogP contribution < -0.4 is 10.6 Å². The normalized spacial score (nSPS) is 25.3. The van der Waals surface area contributed by atoms with Crippen molar-refractivity contribution >= 4 is 6.03 Å². The van der Waals surface area contributed by atoms with Gasteiger partial charge in [0.15, 0.2) is 0 Å². The fourth-order valence-electron chi connectivity index (χ4n) is 2.28. The molecule has 0 radical (unpaired) electrons. The standard InChI is InChI=1S/C14H29N3O4/c1-4-5-7-17(2)9-12-13(18)11(10-21-12)16-14(19)15-6-8-20-3/h11-13,18H,4-10H2,1-3H3,(H2,15,16,19)/t11-,12-,13+/m0/s1. The molecular formula is C14H29N3O4. The van der Waals surface area contributed by atoms with Gasteiger partial charge in [0.05, 0.1) is 25.4 Å². The van der Waals surface area contributed by atoms with Crippen molar-refractivity contribution in [2.45, 2.75) is 38.0 Å². The number of ether oxygens (including phenoxy) is 2. The van der Waals surface area contributed by atoms with E-state index in [1.807, 2.05) is 7.05 Å². The number of hydrogen-bond donors (Lipinski definition) is 3. The molecule has 0 aliphatic carbocycles. The third kappa shape index (κ3) is 6.60. The smallest absolute Gasteiger partial charge is 0.315 e. The summed E-state index contributed by atoms with van der Waals surface area (Å²) in [4.78, 5) is 13.8. The zero-order chi connectivity index (χ0) is 15.7. The van der Waals surface area contributed by atoms with E-state index in [4.69, 9.17) is 9.47 Å². The van der Waals surface area contributed by atoms with Crippen LogP contribution in [0.4, 0.5) is 4.79 Å². The first kappa shape index (κ1) is 18.2. The van der Waals surface area contributed by atoms with E-state index in [1.54, 1.807) is 7.11 Å². The van der Waals surface area contributed by atoms with Crippen LogP contribution in [0.15, 0.2) is 0 Å². The summed E-state index contributed by atoms with van der Waals surface area (Å²) in [6.45, 7) is 5.04. The molecule has 3 atom stereocenters. The fourth-order valence-corrected chi connectivity index (χ4v) is 2.28. The van der Waals surface area contributed by atoms with Crippen molar-refractivity contribution in [3.05, 3.63) is 0 Å². The molecule has 7 heteroatoms. The van der Waals surface area contributed by atoms with E-state index in [0.717, 1.165) is 19.4 Å². The van der Waals surface area contributed by atoms with Crippen molar-refractivity contribution < 1.29 is 19.4 Å². The Hall–Kier alpha value is -0.890. The van der Waals surface area contributed by atoms with Gasteiger partial charge < -0.3 is 30.1 Å². The maximum absolute atomic E-state index is 11.6. The lowest BCUT2D eigenvalue weighted by atomic mass is 10.1. The van der Waals surface area contributed by atoms with Gasteiger partial charge in [-0.15, -0.1) is 0 Å². The number of unbranched alkanes of at least 4 members (excludes halogenated alkanes) is 1. The summed E-state index contributed by atoms with van der Waals surface area (Å²) >= 11 is 0. The van der Waals surface area contributed by atoms with Gasteiger partial charge in [-0.2, -0.15) is 0 Å². The van der Waals surface area contributed by atoms with Crippen LogP contribution in [0.3, 0.4) is 0 Å². The number of likely N-dealkylation sites (N-methyl/N-ethyl adjacent to an activating group) is 1. The predicted molar refractivity (Wildman–Crippen MR) is 80.4 cm³/mol. The van der Waals surface area contributed by atoms with Crippen molar-refractivity contribution in [2.75, 3.05) is 47.0 Å². The van der Waals surface area contributed by atoms with Gasteiger partial charge in [0, 0.05) is 20.2 Å². The zero-order valence-electron chi connectivity index (χ0n) is 13.3. The summed E-state index contributed by atoms with van der Waals surface area (Å²) in [5.41, 5.74) is 0. The van der Waals surface area contributed by atoms with E-state index in [2.05, 4.69) is 22.5 Å². The number of methoxy groups -OCH3 is 1. The van der Waals surface area contributed by atoms with Crippen LogP contribution in [0.25, 0.3) is 0 Å². The molecule has 2 amide bonds. The van der Waals surface area contributed by atoms with Crippen LogP contribution in [0.1, 0.15) is 19.8 Å². The highest BCUT2D eigenvalue weighted by Gasteiger charge is 2.37. The average molecular weight is 303 g/mol. The summed E-state index contributed by atoms with van der Waals surface area (Å²) in [6.07, 6.45) is 1.34. The lowest BCUT2D eigenvalue weighted by Gasteiger charge is -2.23. The summed E-state index contributed by atoms with van der Waals surface area (Å²) in [7, 11) is 3.59. The number of nitrogens with one attached hydrogen (secondary N) is 2. The summed E-state index contributed by atoms with van der Waals surface area (Å²) in [5.74, 6) is 0. The van der Waals surface area contributed by atoms with Gasteiger partial charge in [-0.1, -0.05) is 13.3 Å².